The van der Waals surface area contributed by atoms with Gasteiger partial charge in [0.15, 0.2) is 0 Å². The minimum atomic E-state index is -1.47. The van der Waals surface area contributed by atoms with Crippen LogP contribution in [0.15, 0.2) is 12.1 Å². The predicted molar refractivity (Wildman–Crippen MR) is 52.9 cm³/mol. The molecular formula is C10H9ClO3. The van der Waals surface area contributed by atoms with Crippen LogP contribution in [0.25, 0.3) is 0 Å². The van der Waals surface area contributed by atoms with Gasteiger partial charge in [-0.25, -0.2) is 4.79 Å². The lowest BCUT2D eigenvalue weighted by molar-refractivity contribution is -0.131. The van der Waals surface area contributed by atoms with E-state index in [1.807, 2.05) is 6.92 Å². The van der Waals surface area contributed by atoms with Crippen LogP contribution in [0, 0.1) is 13.8 Å². The number of aliphatic carboxylic acids is 1. The first-order valence-electron chi connectivity index (χ1n) is 3.98. The molecule has 0 atom stereocenters. The summed E-state index contributed by atoms with van der Waals surface area (Å²) in [6, 6.07) is 2.90. The third-order valence-electron chi connectivity index (χ3n) is 2.06. The van der Waals surface area contributed by atoms with Gasteiger partial charge in [0.2, 0.25) is 0 Å². The molecule has 0 saturated heterocycles. The Morgan fingerprint density at radius 1 is 1.29 bits per heavy atom. The maximum Gasteiger partial charge on any atom is 0.377 e. The Morgan fingerprint density at radius 2 is 1.86 bits per heavy atom. The van der Waals surface area contributed by atoms with Gasteiger partial charge in [-0.2, -0.15) is 0 Å². The molecule has 0 radical (unpaired) electrons. The molecule has 0 bridgehead atoms. The van der Waals surface area contributed by atoms with E-state index in [4.69, 9.17) is 16.7 Å². The SMILES string of the molecule is Cc1cc(C(=O)C(=O)O)cc(Cl)c1C. The zero-order valence-electron chi connectivity index (χ0n) is 7.80. The molecule has 1 aromatic rings. The minimum Gasteiger partial charge on any atom is -0.475 e. The molecule has 74 valence electrons. The summed E-state index contributed by atoms with van der Waals surface area (Å²) in [5.41, 5.74) is 1.78. The van der Waals surface area contributed by atoms with Gasteiger partial charge in [0, 0.05) is 10.6 Å². The highest BCUT2D eigenvalue weighted by molar-refractivity contribution is 6.40. The van der Waals surface area contributed by atoms with E-state index in [1.54, 1.807) is 6.92 Å². The fourth-order valence-corrected chi connectivity index (χ4v) is 1.34. The molecule has 0 fully saturated rings. The second-order valence-electron chi connectivity index (χ2n) is 3.03. The van der Waals surface area contributed by atoms with E-state index in [-0.39, 0.29) is 5.56 Å². The van der Waals surface area contributed by atoms with Crippen molar-refractivity contribution >= 4 is 23.4 Å². The number of ketones is 1. The van der Waals surface area contributed by atoms with Crippen molar-refractivity contribution in [2.45, 2.75) is 13.8 Å². The summed E-state index contributed by atoms with van der Waals surface area (Å²) >= 11 is 5.82. The van der Waals surface area contributed by atoms with Crippen LogP contribution < -0.4 is 0 Å². The summed E-state index contributed by atoms with van der Waals surface area (Å²) in [6.07, 6.45) is 0. The maximum atomic E-state index is 11.1. The van der Waals surface area contributed by atoms with Crippen molar-refractivity contribution in [1.82, 2.24) is 0 Å². The van der Waals surface area contributed by atoms with Crippen molar-refractivity contribution in [3.05, 3.63) is 33.8 Å². The van der Waals surface area contributed by atoms with Gasteiger partial charge in [-0.1, -0.05) is 11.6 Å². The Hall–Kier alpha value is -1.35. The first-order valence-corrected chi connectivity index (χ1v) is 4.35. The molecule has 3 nitrogen and oxygen atoms in total. The van der Waals surface area contributed by atoms with Gasteiger partial charge >= 0.3 is 5.97 Å². The second-order valence-corrected chi connectivity index (χ2v) is 3.44. The molecule has 4 heteroatoms. The number of carbonyl (C=O) groups excluding carboxylic acids is 1. The van der Waals surface area contributed by atoms with Crippen molar-refractivity contribution in [2.24, 2.45) is 0 Å². The van der Waals surface area contributed by atoms with Crippen LogP contribution in [-0.2, 0) is 4.79 Å². The highest BCUT2D eigenvalue weighted by Crippen LogP contribution is 2.21. The lowest BCUT2D eigenvalue weighted by atomic mass is 10.0. The van der Waals surface area contributed by atoms with E-state index in [0.29, 0.717) is 5.02 Å². The van der Waals surface area contributed by atoms with Crippen molar-refractivity contribution in [1.29, 1.82) is 0 Å². The van der Waals surface area contributed by atoms with E-state index >= 15 is 0 Å². The Morgan fingerprint density at radius 3 is 2.29 bits per heavy atom. The highest BCUT2D eigenvalue weighted by Gasteiger charge is 2.16. The number of Topliss-reactive ketones (excluding diaryl/α,β-unsaturated/α-hetero) is 1. The molecule has 0 saturated carbocycles. The molecule has 0 aromatic heterocycles. The quantitative estimate of drug-likeness (QED) is 0.604. The second kappa shape index (κ2) is 3.80. The van der Waals surface area contributed by atoms with Crippen LogP contribution in [0.5, 0.6) is 0 Å². The first kappa shape index (κ1) is 10.7. The monoisotopic (exact) mass is 212 g/mol. The average Bonchev–Trinajstić information content (AvgIpc) is 2.12. The third kappa shape index (κ3) is 1.93. The van der Waals surface area contributed by atoms with E-state index in [9.17, 15) is 9.59 Å². The fourth-order valence-electron chi connectivity index (χ4n) is 1.07. The molecule has 0 aliphatic carbocycles. The van der Waals surface area contributed by atoms with Gasteiger partial charge in [-0.05, 0) is 37.1 Å². The zero-order valence-corrected chi connectivity index (χ0v) is 8.55. The predicted octanol–water partition coefficient (Wildman–Crippen LogP) is 2.22. The van der Waals surface area contributed by atoms with Crippen molar-refractivity contribution in [3.8, 4) is 0 Å². The van der Waals surface area contributed by atoms with Crippen molar-refractivity contribution < 1.29 is 14.7 Å². The summed E-state index contributed by atoms with van der Waals surface area (Å²) in [6.45, 7) is 3.59. The Balaban J connectivity index is 3.26. The number of hydrogen-bond donors (Lipinski definition) is 1. The summed E-state index contributed by atoms with van der Waals surface area (Å²) in [5.74, 6) is -2.40. The summed E-state index contributed by atoms with van der Waals surface area (Å²) < 4.78 is 0. The number of carboxylic acid groups (broad SMARTS) is 1. The highest BCUT2D eigenvalue weighted by atomic mass is 35.5. The van der Waals surface area contributed by atoms with Crippen LogP contribution in [0.1, 0.15) is 21.5 Å². The fraction of sp³-hybridized carbons (Fsp3) is 0.200. The average molecular weight is 213 g/mol. The number of carbonyl (C=O) groups is 2. The third-order valence-corrected chi connectivity index (χ3v) is 2.45. The Kier molecular flexibility index (Phi) is 2.91. The summed E-state index contributed by atoms with van der Waals surface area (Å²) in [5, 5.41) is 8.91. The van der Waals surface area contributed by atoms with E-state index in [0.717, 1.165) is 11.1 Å². The topological polar surface area (TPSA) is 54.4 Å². The van der Waals surface area contributed by atoms with Gasteiger partial charge in [-0.3, -0.25) is 4.79 Å². The molecule has 1 aromatic carbocycles. The number of carboxylic acids is 1. The number of rotatable bonds is 2. The van der Waals surface area contributed by atoms with Gasteiger partial charge in [-0.15, -0.1) is 0 Å². The molecule has 0 amide bonds. The maximum absolute atomic E-state index is 11.1. The van der Waals surface area contributed by atoms with Crippen LogP contribution in [-0.4, -0.2) is 16.9 Å². The number of benzene rings is 1. The molecule has 14 heavy (non-hydrogen) atoms. The Labute approximate surface area is 86.3 Å². The largest absolute Gasteiger partial charge is 0.475 e. The van der Waals surface area contributed by atoms with Crippen LogP contribution >= 0.6 is 11.6 Å². The van der Waals surface area contributed by atoms with Crippen molar-refractivity contribution in [3.63, 3.8) is 0 Å². The Bertz CT molecular complexity index is 387. The molecule has 1 rings (SSSR count). The molecule has 0 unspecified atom stereocenters. The number of halogens is 1. The minimum absolute atomic E-state index is 0.116. The van der Waals surface area contributed by atoms with Gasteiger partial charge < -0.3 is 5.11 Å². The van der Waals surface area contributed by atoms with E-state index < -0.39 is 11.8 Å². The van der Waals surface area contributed by atoms with E-state index in [2.05, 4.69) is 0 Å². The molecular weight excluding hydrogens is 204 g/mol. The molecule has 0 aliphatic rings. The standard InChI is InChI=1S/C10H9ClO3/c1-5-3-7(9(12)10(13)14)4-8(11)6(5)2/h3-4H,1-2H3,(H,13,14). The van der Waals surface area contributed by atoms with Crippen LogP contribution in [0.3, 0.4) is 0 Å². The molecule has 1 N–H and O–H groups in total. The summed E-state index contributed by atoms with van der Waals surface area (Å²) in [7, 11) is 0. The lowest BCUT2D eigenvalue weighted by Crippen LogP contribution is -2.13. The lowest BCUT2D eigenvalue weighted by Gasteiger charge is -2.04. The molecule has 0 aliphatic heterocycles. The number of hydrogen-bond acceptors (Lipinski definition) is 2. The van der Waals surface area contributed by atoms with Gasteiger partial charge in [0.05, 0.1) is 0 Å². The normalized spacial score (nSPS) is 9.93. The molecule has 0 spiro atoms. The zero-order chi connectivity index (χ0) is 10.9. The van der Waals surface area contributed by atoms with E-state index in [1.165, 1.54) is 12.1 Å². The van der Waals surface area contributed by atoms with Gasteiger partial charge in [0.1, 0.15) is 0 Å². The summed E-state index contributed by atoms with van der Waals surface area (Å²) in [4.78, 5) is 21.5. The smallest absolute Gasteiger partial charge is 0.377 e. The van der Waals surface area contributed by atoms with Crippen molar-refractivity contribution in [2.75, 3.05) is 0 Å². The van der Waals surface area contributed by atoms with Crippen LogP contribution in [0.4, 0.5) is 0 Å². The van der Waals surface area contributed by atoms with Crippen LogP contribution in [0.2, 0.25) is 5.02 Å². The van der Waals surface area contributed by atoms with Gasteiger partial charge in [0.25, 0.3) is 5.78 Å². The number of aryl methyl sites for hydroxylation is 1. The molecule has 0 heterocycles. The first-order chi connectivity index (χ1) is 6.43.